The molecular formula is C11H9F4N3O. The first-order valence-electron chi connectivity index (χ1n) is 5.19. The normalized spacial score (nSPS) is 11.9. The van der Waals surface area contributed by atoms with Gasteiger partial charge < -0.3 is 0 Å². The molecule has 1 heterocycles. The Morgan fingerprint density at radius 3 is 2.32 bits per heavy atom. The van der Waals surface area contributed by atoms with E-state index in [0.29, 0.717) is 12.1 Å². The summed E-state index contributed by atoms with van der Waals surface area (Å²) in [6.07, 6.45) is -4.80. The van der Waals surface area contributed by atoms with E-state index < -0.39 is 23.2 Å². The molecular weight excluding hydrogens is 266 g/mol. The molecule has 2 rings (SSSR count). The summed E-state index contributed by atoms with van der Waals surface area (Å²) in [6.45, 7) is 0. The molecule has 102 valence electrons. The van der Waals surface area contributed by atoms with Crippen molar-refractivity contribution in [3.63, 3.8) is 0 Å². The van der Waals surface area contributed by atoms with Gasteiger partial charge in [0.05, 0.1) is 5.56 Å². The van der Waals surface area contributed by atoms with Crippen LogP contribution in [0.15, 0.2) is 23.0 Å². The van der Waals surface area contributed by atoms with Gasteiger partial charge in [-0.2, -0.15) is 13.2 Å². The number of aromatic nitrogens is 3. The number of hydrogen-bond donors (Lipinski definition) is 0. The zero-order valence-electron chi connectivity index (χ0n) is 9.99. The summed E-state index contributed by atoms with van der Waals surface area (Å²) in [7, 11) is 2.75. The van der Waals surface area contributed by atoms with Crippen LogP contribution in [0.2, 0.25) is 0 Å². The number of aryl methyl sites for hydroxylation is 1. The second-order valence-electron chi connectivity index (χ2n) is 3.98. The maximum absolute atomic E-state index is 13.2. The summed E-state index contributed by atoms with van der Waals surface area (Å²) in [5, 5.41) is 3.81. The van der Waals surface area contributed by atoms with Crippen molar-refractivity contribution < 1.29 is 17.6 Å². The molecule has 0 aliphatic carbocycles. The van der Waals surface area contributed by atoms with Gasteiger partial charge in [0.2, 0.25) is 0 Å². The first-order valence-corrected chi connectivity index (χ1v) is 5.19. The van der Waals surface area contributed by atoms with Crippen LogP contribution >= 0.6 is 0 Å². The van der Waals surface area contributed by atoms with Gasteiger partial charge in [-0.3, -0.25) is 4.57 Å². The average Bonchev–Trinajstić information content (AvgIpc) is 2.56. The predicted octanol–water partition coefficient (Wildman–Crippen LogP) is 1.94. The van der Waals surface area contributed by atoms with Crippen molar-refractivity contribution in [1.82, 2.24) is 14.3 Å². The largest absolute Gasteiger partial charge is 0.419 e. The Kier molecular flexibility index (Phi) is 2.95. The van der Waals surface area contributed by atoms with Crippen molar-refractivity contribution in [2.45, 2.75) is 6.18 Å². The van der Waals surface area contributed by atoms with Crippen molar-refractivity contribution in [1.29, 1.82) is 0 Å². The molecule has 0 bridgehead atoms. The molecule has 19 heavy (non-hydrogen) atoms. The van der Waals surface area contributed by atoms with Crippen LogP contribution in [-0.4, -0.2) is 14.3 Å². The topological polar surface area (TPSA) is 39.8 Å². The molecule has 0 spiro atoms. The number of alkyl halides is 3. The summed E-state index contributed by atoms with van der Waals surface area (Å²) in [4.78, 5) is 11.5. The molecule has 0 saturated carbocycles. The number of halogens is 4. The lowest BCUT2D eigenvalue weighted by atomic mass is 10.1. The van der Waals surface area contributed by atoms with Gasteiger partial charge in [0.25, 0.3) is 0 Å². The van der Waals surface area contributed by atoms with Gasteiger partial charge in [-0.15, -0.1) is 5.10 Å². The molecule has 0 amide bonds. The highest BCUT2D eigenvalue weighted by atomic mass is 19.4. The smallest absolute Gasteiger partial charge is 0.278 e. The summed E-state index contributed by atoms with van der Waals surface area (Å²) in [6, 6.07) is 2.49. The van der Waals surface area contributed by atoms with Crippen LogP contribution in [0.4, 0.5) is 17.6 Å². The van der Waals surface area contributed by atoms with Gasteiger partial charge in [-0.05, 0) is 18.2 Å². The zero-order chi connectivity index (χ0) is 14.4. The third-order valence-electron chi connectivity index (χ3n) is 2.66. The van der Waals surface area contributed by atoms with Crippen LogP contribution in [0.25, 0.3) is 11.4 Å². The maximum atomic E-state index is 13.2. The van der Waals surface area contributed by atoms with Crippen molar-refractivity contribution in [2.24, 2.45) is 14.1 Å². The monoisotopic (exact) mass is 275 g/mol. The highest BCUT2D eigenvalue weighted by Crippen LogP contribution is 2.33. The minimum absolute atomic E-state index is 0.0222. The van der Waals surface area contributed by atoms with Gasteiger partial charge in [-0.25, -0.2) is 13.9 Å². The Hall–Kier alpha value is -2.12. The standard InChI is InChI=1S/C11H9F4N3O/c1-17-9(16-18(2)10(17)19)6-3-4-8(12)7(5-6)11(13,14)15/h3-5H,1-2H3. The predicted molar refractivity (Wildman–Crippen MR) is 58.8 cm³/mol. The number of hydrogen-bond acceptors (Lipinski definition) is 2. The molecule has 1 aromatic carbocycles. The zero-order valence-corrected chi connectivity index (χ0v) is 9.99. The van der Waals surface area contributed by atoms with E-state index in [1.54, 1.807) is 0 Å². The van der Waals surface area contributed by atoms with Gasteiger partial charge in [0.15, 0.2) is 5.82 Å². The van der Waals surface area contributed by atoms with Crippen molar-refractivity contribution in [3.8, 4) is 11.4 Å². The molecule has 0 aliphatic heterocycles. The fourth-order valence-corrected chi connectivity index (χ4v) is 1.69. The molecule has 0 fully saturated rings. The third-order valence-corrected chi connectivity index (χ3v) is 2.66. The van der Waals surface area contributed by atoms with Crippen LogP contribution in [0, 0.1) is 5.82 Å². The van der Waals surface area contributed by atoms with E-state index >= 15 is 0 Å². The summed E-state index contributed by atoms with van der Waals surface area (Å²) >= 11 is 0. The first kappa shape index (κ1) is 13.3. The van der Waals surface area contributed by atoms with Crippen molar-refractivity contribution in [3.05, 3.63) is 40.1 Å². The molecule has 0 unspecified atom stereocenters. The summed E-state index contributed by atoms with van der Waals surface area (Å²) in [5.74, 6) is -1.32. The number of rotatable bonds is 1. The molecule has 0 saturated heterocycles. The summed E-state index contributed by atoms with van der Waals surface area (Å²) in [5.41, 5.74) is -1.84. The Morgan fingerprint density at radius 2 is 1.84 bits per heavy atom. The van der Waals surface area contributed by atoms with E-state index in [2.05, 4.69) is 5.10 Å². The third kappa shape index (κ3) is 2.25. The first-order chi connectivity index (χ1) is 8.71. The molecule has 2 aromatic rings. The highest BCUT2D eigenvalue weighted by Gasteiger charge is 2.34. The van der Waals surface area contributed by atoms with E-state index in [1.807, 2.05) is 0 Å². The SMILES string of the molecule is Cn1nc(-c2ccc(F)c(C(F)(F)F)c2)n(C)c1=O. The molecule has 0 atom stereocenters. The lowest BCUT2D eigenvalue weighted by Gasteiger charge is -2.09. The molecule has 0 radical (unpaired) electrons. The Balaban J connectivity index is 2.65. The lowest BCUT2D eigenvalue weighted by molar-refractivity contribution is -0.139. The quantitative estimate of drug-likeness (QED) is 0.746. The van der Waals surface area contributed by atoms with Crippen LogP contribution in [0.3, 0.4) is 0 Å². The molecule has 4 nitrogen and oxygen atoms in total. The number of benzene rings is 1. The molecule has 0 aliphatic rings. The fraction of sp³-hybridized carbons (Fsp3) is 0.273. The minimum Gasteiger partial charge on any atom is -0.278 e. The Labute approximate surface area is 104 Å². The fourth-order valence-electron chi connectivity index (χ4n) is 1.69. The molecule has 1 aromatic heterocycles. The van der Waals surface area contributed by atoms with Gasteiger partial charge >= 0.3 is 11.9 Å². The van der Waals surface area contributed by atoms with Gasteiger partial charge in [0, 0.05) is 19.7 Å². The Morgan fingerprint density at radius 1 is 1.21 bits per heavy atom. The maximum Gasteiger partial charge on any atom is 0.419 e. The minimum atomic E-state index is -4.80. The van der Waals surface area contributed by atoms with E-state index in [9.17, 15) is 22.4 Å². The van der Waals surface area contributed by atoms with Gasteiger partial charge in [0.1, 0.15) is 5.82 Å². The average molecular weight is 275 g/mol. The van der Waals surface area contributed by atoms with Crippen molar-refractivity contribution in [2.75, 3.05) is 0 Å². The van der Waals surface area contributed by atoms with E-state index in [4.69, 9.17) is 0 Å². The summed E-state index contributed by atoms with van der Waals surface area (Å²) < 4.78 is 53.0. The van der Waals surface area contributed by atoms with Crippen LogP contribution in [0.1, 0.15) is 5.56 Å². The van der Waals surface area contributed by atoms with Gasteiger partial charge in [-0.1, -0.05) is 0 Å². The van der Waals surface area contributed by atoms with E-state index in [1.165, 1.54) is 14.1 Å². The van der Waals surface area contributed by atoms with E-state index in [-0.39, 0.29) is 11.4 Å². The van der Waals surface area contributed by atoms with Crippen molar-refractivity contribution >= 4 is 0 Å². The molecule has 8 heteroatoms. The second-order valence-corrected chi connectivity index (χ2v) is 3.98. The number of nitrogens with zero attached hydrogens (tertiary/aromatic N) is 3. The Bertz CT molecular complexity index is 684. The highest BCUT2D eigenvalue weighted by molar-refractivity contribution is 5.56. The second kappa shape index (κ2) is 4.22. The van der Waals surface area contributed by atoms with Crippen LogP contribution < -0.4 is 5.69 Å². The molecule has 0 N–H and O–H groups in total. The van der Waals surface area contributed by atoms with E-state index in [0.717, 1.165) is 15.3 Å². The lowest BCUT2D eigenvalue weighted by Crippen LogP contribution is -2.20. The van der Waals surface area contributed by atoms with Crippen LogP contribution in [0.5, 0.6) is 0 Å². The van der Waals surface area contributed by atoms with Crippen LogP contribution in [-0.2, 0) is 20.3 Å².